The van der Waals surface area contributed by atoms with Gasteiger partial charge in [0.1, 0.15) is 0 Å². The van der Waals surface area contributed by atoms with Crippen molar-refractivity contribution in [3.63, 3.8) is 0 Å². The summed E-state index contributed by atoms with van der Waals surface area (Å²) in [7, 11) is -1.13. The molecule has 19 nitrogen and oxygen atoms in total. The van der Waals surface area contributed by atoms with E-state index in [1.165, 1.54) is 10.9 Å². The van der Waals surface area contributed by atoms with Gasteiger partial charge in [-0.1, -0.05) is 0 Å². The van der Waals surface area contributed by atoms with Crippen LogP contribution >= 0.6 is 7.87 Å². The molecule has 1 aliphatic rings. The van der Waals surface area contributed by atoms with Gasteiger partial charge in [-0.3, -0.25) is 0 Å². The quantitative estimate of drug-likeness (QED) is 0.0221. The molecule has 390 valence electrons. The summed E-state index contributed by atoms with van der Waals surface area (Å²) in [5.74, 6) is -2.08. The molecule has 0 radical (unpaired) electrons. The second kappa shape index (κ2) is 24.1. The first-order valence-corrected chi connectivity index (χ1v) is 25.3. The van der Waals surface area contributed by atoms with Gasteiger partial charge in [-0.05, 0) is 0 Å². The number of imidazole rings is 1. The minimum atomic E-state index is -5.11. The van der Waals surface area contributed by atoms with Crippen molar-refractivity contribution in [3.8, 4) is 17.6 Å². The van der Waals surface area contributed by atoms with Crippen LogP contribution in [0.25, 0.3) is 11.2 Å². The molecule has 1 aliphatic heterocycles. The summed E-state index contributed by atoms with van der Waals surface area (Å²) in [5, 5.41) is 14.3. The van der Waals surface area contributed by atoms with Crippen LogP contribution in [0.2, 0.25) is 0 Å². The van der Waals surface area contributed by atoms with Crippen LogP contribution in [0.15, 0.2) is 90.0 Å². The summed E-state index contributed by atoms with van der Waals surface area (Å²) in [4.78, 5) is 62.3. The number of fused-ring (bicyclic) bond motifs is 1. The predicted molar refractivity (Wildman–Crippen MR) is 261 cm³/mol. The predicted octanol–water partition coefficient (Wildman–Crippen LogP) is 6.58. The molecule has 5 aromatic rings. The maximum atomic E-state index is 13.5. The van der Waals surface area contributed by atoms with Crippen LogP contribution < -0.4 is 25.7 Å². The molecule has 4 atom stereocenters. The first-order chi connectivity index (χ1) is 34.3. The number of rotatable bonds is 24. The number of alkyl halides is 3. The number of H-pyrrole nitrogens is 1. The van der Waals surface area contributed by atoms with E-state index in [0.717, 1.165) is 0 Å². The number of nitrogens with one attached hydrogen (secondary N) is 3. The van der Waals surface area contributed by atoms with Crippen LogP contribution in [-0.4, -0.2) is 124 Å². The number of hydrogen-bond donors (Lipinski definition) is 4. The average molecular weight is 1030 g/mol. The average Bonchev–Trinajstić information content (AvgIpc) is 3.92. The fourth-order valence-corrected chi connectivity index (χ4v) is 12.0. The Morgan fingerprint density at radius 3 is 2.07 bits per heavy atom. The van der Waals surface area contributed by atoms with Gasteiger partial charge in [-0.25, -0.2) is 0 Å². The van der Waals surface area contributed by atoms with Crippen LogP contribution in [0.4, 0.5) is 19.1 Å². The number of halogens is 3. The minimum absolute atomic E-state index is 0.0504. The van der Waals surface area contributed by atoms with Gasteiger partial charge in [-0.2, -0.15) is 0 Å². The van der Waals surface area contributed by atoms with Gasteiger partial charge in [0.15, 0.2) is 0 Å². The Morgan fingerprint density at radius 1 is 0.931 bits per heavy atom. The van der Waals surface area contributed by atoms with Crippen LogP contribution in [0, 0.1) is 17.2 Å². The van der Waals surface area contributed by atoms with Gasteiger partial charge >= 0.3 is 416 Å². The Labute approximate surface area is 415 Å². The fraction of sp³-hybridized carbons (Fsp3) is 0.469. The number of ether oxygens (including phenoxy) is 6. The van der Waals surface area contributed by atoms with Gasteiger partial charge in [0.2, 0.25) is 0 Å². The van der Waals surface area contributed by atoms with E-state index in [-0.39, 0.29) is 48.4 Å². The standard InChI is InChI=1S/C49H62F3N8O11P/c1-30(2)43(61)57-47-56-42-39(44(62)58-47)55-28-59(42)45-41(68-29-67-25-24-54-46(63)49(50,51)52)40(71-72(64,26-12-23-53)60(31(3)4)32(5)6)38(70-45)27-69-48(33-13-10-9-11-14-33,34-15-19-36(65-7)20-16-34)35-17-21-37(66-8)22-18-35/h9-11,13-22,28,30-32,38,40-41,45,64,72H,12,24-27,29H2,1-8H3,(H,54,63)(H2,56,57,58,61,62)/t38-,40-,41-,45-/m1/s1. The zero-order valence-corrected chi connectivity index (χ0v) is 42.3. The molecule has 2 amide bonds. The van der Waals surface area contributed by atoms with Gasteiger partial charge in [0.05, 0.1) is 0 Å². The summed E-state index contributed by atoms with van der Waals surface area (Å²) in [6, 6.07) is 25.7. The molecule has 0 spiro atoms. The Kier molecular flexibility index (Phi) is 18.5. The van der Waals surface area contributed by atoms with E-state index in [0.29, 0.717) is 28.2 Å². The summed E-state index contributed by atoms with van der Waals surface area (Å²) < 4.78 is 86.7. The topological polar surface area (TPSA) is 234 Å². The number of methoxy groups -OCH3 is 2. The van der Waals surface area contributed by atoms with Gasteiger partial charge < -0.3 is 0 Å². The molecule has 23 heteroatoms. The summed E-state index contributed by atoms with van der Waals surface area (Å²) in [5.41, 5.74) is -0.223. The number of anilines is 1. The molecule has 2 aromatic heterocycles. The number of carbonyl (C=O) groups is 2. The molecule has 3 heterocycles. The zero-order chi connectivity index (χ0) is 52.4. The van der Waals surface area contributed by atoms with Crippen LogP contribution in [0.1, 0.15) is 70.9 Å². The molecule has 0 aliphatic carbocycles. The molecule has 0 saturated carbocycles. The van der Waals surface area contributed by atoms with E-state index in [4.69, 9.17) is 32.9 Å². The monoisotopic (exact) mass is 1030 g/mol. The first kappa shape index (κ1) is 55.3. The van der Waals surface area contributed by atoms with E-state index in [1.807, 2.05) is 87.0 Å². The molecule has 0 bridgehead atoms. The number of nitriles is 1. The third-order valence-electron chi connectivity index (χ3n) is 11.9. The Balaban J connectivity index is 1.53. The molecular weight excluding hydrogens is 965 g/mol. The molecule has 6 rings (SSSR count). The van der Waals surface area contributed by atoms with Gasteiger partial charge in [0.25, 0.3) is 0 Å². The molecule has 0 unspecified atom stereocenters. The van der Waals surface area contributed by atoms with Crippen molar-refractivity contribution in [2.75, 3.05) is 52.2 Å². The van der Waals surface area contributed by atoms with Crippen LogP contribution in [0.3, 0.4) is 0 Å². The molecular formula is C49H62F3N8O11P. The van der Waals surface area contributed by atoms with Crippen LogP contribution in [-0.2, 0) is 38.7 Å². The molecule has 3 aromatic carbocycles. The van der Waals surface area contributed by atoms with Crippen LogP contribution in [0.5, 0.6) is 11.5 Å². The van der Waals surface area contributed by atoms with Crippen molar-refractivity contribution in [1.82, 2.24) is 29.5 Å². The van der Waals surface area contributed by atoms with Crippen molar-refractivity contribution < 1.29 is 60.6 Å². The number of benzene rings is 3. The van der Waals surface area contributed by atoms with Crippen molar-refractivity contribution >= 4 is 36.8 Å². The second-order valence-electron chi connectivity index (χ2n) is 17.8. The van der Waals surface area contributed by atoms with Gasteiger partial charge in [0, 0.05) is 0 Å². The number of aromatic nitrogens is 4. The number of carbonyl (C=O) groups excluding carboxylic acids is 2. The van der Waals surface area contributed by atoms with Crippen molar-refractivity contribution in [2.24, 2.45) is 5.92 Å². The van der Waals surface area contributed by atoms with E-state index in [9.17, 15) is 37.7 Å². The maximum absolute atomic E-state index is 13.5. The number of hydrogen-bond acceptors (Lipinski definition) is 15. The molecule has 1 saturated heterocycles. The van der Waals surface area contributed by atoms with Gasteiger partial charge in [-0.15, -0.1) is 0 Å². The fourth-order valence-electron chi connectivity index (χ4n) is 8.71. The number of nitrogens with zero attached hydrogens (tertiary/aromatic N) is 5. The normalized spacial score (nSPS) is 17.7. The molecule has 72 heavy (non-hydrogen) atoms. The van der Waals surface area contributed by atoms with E-state index < -0.39 is 87.4 Å². The third kappa shape index (κ3) is 12.6. The van der Waals surface area contributed by atoms with Crippen molar-refractivity contribution in [3.05, 3.63) is 112 Å². The second-order valence-corrected chi connectivity index (χ2v) is 20.5. The number of amides is 2. The van der Waals surface area contributed by atoms with E-state index in [2.05, 4.69) is 26.3 Å². The summed E-state index contributed by atoms with van der Waals surface area (Å²) in [6.07, 6.45) is -9.15. The molecule has 4 N–H and O–H groups in total. The van der Waals surface area contributed by atoms with Crippen molar-refractivity contribution in [1.29, 1.82) is 5.26 Å². The van der Waals surface area contributed by atoms with E-state index in [1.54, 1.807) is 57.6 Å². The molecule has 1 fully saturated rings. The third-order valence-corrected chi connectivity index (χ3v) is 15.3. The summed E-state index contributed by atoms with van der Waals surface area (Å²) in [6.45, 7) is 9.01. The SMILES string of the molecule is COc1ccc(C(OC[C@H]2O[C@@H](n3cnc4c(=O)[nH]c(NC(=O)C(C)C)nc43)[C@H](OCOCCNC(=O)C(F)(F)F)[C@@H]2O[PH](O)(CCC#N)N(C(C)C)C(C)C)(c2ccccc2)c2ccc(OC)cc2)cc1. The Bertz CT molecular complexity index is 2630. The van der Waals surface area contributed by atoms with E-state index >= 15 is 0 Å². The number of aromatic amines is 1. The Hall–Kier alpha value is -6.02. The zero-order valence-electron chi connectivity index (χ0n) is 41.3. The Morgan fingerprint density at radius 2 is 1.53 bits per heavy atom. The first-order valence-electron chi connectivity index (χ1n) is 23.3. The summed E-state index contributed by atoms with van der Waals surface area (Å²) >= 11 is 0. The van der Waals surface area contributed by atoms with Crippen molar-refractivity contribution in [2.45, 2.75) is 96.4 Å².